The smallest absolute Gasteiger partial charge is 0.217 e. The van der Waals surface area contributed by atoms with Crippen LogP contribution in [0.4, 0.5) is 0 Å². The summed E-state index contributed by atoms with van der Waals surface area (Å²) in [7, 11) is 0. The molecule has 4 aliphatic carbocycles. The van der Waals surface area contributed by atoms with Gasteiger partial charge in [-0.2, -0.15) is 0 Å². The normalized spacial score (nSPS) is 46.6. The Morgan fingerprint density at radius 1 is 1.11 bits per heavy atom. The number of nitrogens with one attached hydrogen (secondary N) is 2. The number of rotatable bonds is 2. The maximum Gasteiger partial charge on any atom is 0.217 e. The van der Waals surface area contributed by atoms with Crippen molar-refractivity contribution in [2.24, 2.45) is 34.5 Å². The molecule has 2 amide bonds. The van der Waals surface area contributed by atoms with Gasteiger partial charge in [0.15, 0.2) is 0 Å². The number of carbonyl (C=O) groups is 2. The second-order valence-electron chi connectivity index (χ2n) is 10.0. The molecule has 0 aromatic carbocycles. The lowest BCUT2D eigenvalue weighted by Gasteiger charge is -2.61. The highest BCUT2D eigenvalue weighted by Gasteiger charge is 2.62. The maximum atomic E-state index is 12.0. The zero-order chi connectivity index (χ0) is 20.3. The lowest BCUT2D eigenvalue weighted by molar-refractivity contribution is -0.129. The first-order chi connectivity index (χ1) is 13.2. The van der Waals surface area contributed by atoms with Crippen molar-refractivity contribution in [1.82, 2.24) is 10.6 Å². The minimum absolute atomic E-state index is 0.000544. The van der Waals surface area contributed by atoms with Crippen molar-refractivity contribution in [3.63, 3.8) is 0 Å². The second-order valence-corrected chi connectivity index (χ2v) is 10.0. The van der Waals surface area contributed by atoms with Crippen LogP contribution in [0.3, 0.4) is 0 Å². The average molecular weight is 387 g/mol. The lowest BCUT2D eigenvalue weighted by Crippen LogP contribution is -2.62. The molecule has 0 heterocycles. The standard InChI is InChI=1S/C23H34N2O3/c1-13(26)24-18-12-15-6-5-7-20(28)23(15,4)17-10-11-22(3)16(21(17)18)8-9-19(22)25-14(2)27/h7-9,15-19,21,28H,5-6,10-12H2,1-4H3,(H,24,26)(H,25,27)/t15?,16-,17-,18-,19-,21-,22-,23-/m0/s1. The first-order valence-corrected chi connectivity index (χ1v) is 10.8. The Labute approximate surface area is 168 Å². The van der Waals surface area contributed by atoms with E-state index in [9.17, 15) is 14.7 Å². The fraction of sp³-hybridized carbons (Fsp3) is 0.739. The van der Waals surface area contributed by atoms with E-state index in [4.69, 9.17) is 0 Å². The SMILES string of the molecule is CC(=O)N[C@H]1CC2CCC=C(O)[C@]2(C)[C@H]2CC[C@]3(C)[C@@H](NC(C)=O)C=C[C@H]3[C@H]12. The molecule has 1 unspecified atom stereocenters. The molecule has 5 heteroatoms. The van der Waals surface area contributed by atoms with Gasteiger partial charge in [-0.1, -0.05) is 26.0 Å². The fourth-order valence-electron chi connectivity index (χ4n) is 7.22. The van der Waals surface area contributed by atoms with Crippen molar-refractivity contribution in [2.75, 3.05) is 0 Å². The molecule has 2 saturated carbocycles. The van der Waals surface area contributed by atoms with Crippen LogP contribution in [-0.2, 0) is 9.59 Å². The van der Waals surface area contributed by atoms with E-state index in [0.29, 0.717) is 17.6 Å². The van der Waals surface area contributed by atoms with Crippen molar-refractivity contribution < 1.29 is 14.7 Å². The Kier molecular flexibility index (Phi) is 4.63. The number of aliphatic hydroxyl groups excluding tert-OH is 1. The maximum absolute atomic E-state index is 12.0. The molecule has 0 aromatic heterocycles. The van der Waals surface area contributed by atoms with Gasteiger partial charge in [0.2, 0.25) is 11.8 Å². The first-order valence-electron chi connectivity index (χ1n) is 10.8. The van der Waals surface area contributed by atoms with Gasteiger partial charge in [0.25, 0.3) is 0 Å². The molecule has 4 aliphatic rings. The van der Waals surface area contributed by atoms with Crippen LogP contribution in [0.15, 0.2) is 24.0 Å². The minimum atomic E-state index is -0.209. The fourth-order valence-corrected chi connectivity index (χ4v) is 7.22. The van der Waals surface area contributed by atoms with Crippen molar-refractivity contribution in [3.8, 4) is 0 Å². The first kappa shape index (κ1) is 19.5. The van der Waals surface area contributed by atoms with Gasteiger partial charge in [-0.3, -0.25) is 9.59 Å². The quantitative estimate of drug-likeness (QED) is 0.636. The number of fused-ring (bicyclic) bond motifs is 5. The van der Waals surface area contributed by atoms with Crippen LogP contribution in [0.5, 0.6) is 0 Å². The van der Waals surface area contributed by atoms with Crippen LogP contribution in [0.2, 0.25) is 0 Å². The molecule has 2 fully saturated rings. The predicted molar refractivity (Wildman–Crippen MR) is 108 cm³/mol. The van der Waals surface area contributed by atoms with Crippen molar-refractivity contribution in [2.45, 2.75) is 71.9 Å². The van der Waals surface area contributed by atoms with Crippen molar-refractivity contribution in [3.05, 3.63) is 24.0 Å². The topological polar surface area (TPSA) is 78.4 Å². The molecule has 0 spiro atoms. The van der Waals surface area contributed by atoms with E-state index >= 15 is 0 Å². The molecule has 28 heavy (non-hydrogen) atoms. The molecule has 0 aromatic rings. The zero-order valence-electron chi connectivity index (χ0n) is 17.5. The van der Waals surface area contributed by atoms with Gasteiger partial charge < -0.3 is 15.7 Å². The monoisotopic (exact) mass is 386 g/mol. The molecule has 154 valence electrons. The van der Waals surface area contributed by atoms with E-state index in [1.165, 1.54) is 0 Å². The molecular weight excluding hydrogens is 352 g/mol. The van der Waals surface area contributed by atoms with Gasteiger partial charge in [0, 0.05) is 25.3 Å². The molecule has 5 nitrogen and oxygen atoms in total. The summed E-state index contributed by atoms with van der Waals surface area (Å²) in [5, 5.41) is 17.3. The van der Waals surface area contributed by atoms with Crippen LogP contribution in [0, 0.1) is 34.5 Å². The Hall–Kier alpha value is -1.78. The van der Waals surface area contributed by atoms with E-state index < -0.39 is 0 Å². The van der Waals surface area contributed by atoms with E-state index in [-0.39, 0.29) is 46.6 Å². The molecule has 4 rings (SSSR count). The van der Waals surface area contributed by atoms with E-state index in [2.05, 4.69) is 36.6 Å². The lowest BCUT2D eigenvalue weighted by atomic mass is 9.44. The van der Waals surface area contributed by atoms with Gasteiger partial charge >= 0.3 is 0 Å². The summed E-state index contributed by atoms with van der Waals surface area (Å²) in [4.78, 5) is 23.8. The third-order valence-electron chi connectivity index (χ3n) is 8.63. The third-order valence-corrected chi connectivity index (χ3v) is 8.63. The molecule has 0 saturated heterocycles. The van der Waals surface area contributed by atoms with Crippen molar-refractivity contribution >= 4 is 11.8 Å². The van der Waals surface area contributed by atoms with Crippen molar-refractivity contribution in [1.29, 1.82) is 0 Å². The number of carbonyl (C=O) groups excluding carboxylic acids is 2. The van der Waals surface area contributed by atoms with Gasteiger partial charge in [0.05, 0.1) is 11.8 Å². The highest BCUT2D eigenvalue weighted by atomic mass is 16.3. The highest BCUT2D eigenvalue weighted by molar-refractivity contribution is 5.74. The Bertz CT molecular complexity index is 744. The summed E-state index contributed by atoms with van der Waals surface area (Å²) < 4.78 is 0. The summed E-state index contributed by atoms with van der Waals surface area (Å²) in [6.07, 6.45) is 11.4. The van der Waals surface area contributed by atoms with Gasteiger partial charge in [-0.15, -0.1) is 0 Å². The van der Waals surface area contributed by atoms with Crippen LogP contribution in [0.1, 0.15) is 59.8 Å². The summed E-state index contributed by atoms with van der Waals surface area (Å²) >= 11 is 0. The number of aliphatic hydroxyl groups is 1. The number of allylic oxidation sites excluding steroid dienone is 3. The summed E-state index contributed by atoms with van der Waals surface area (Å²) in [5.74, 6) is 1.87. The number of hydrogen-bond acceptors (Lipinski definition) is 3. The molecule has 8 atom stereocenters. The zero-order valence-corrected chi connectivity index (χ0v) is 17.5. The van der Waals surface area contributed by atoms with Gasteiger partial charge in [-0.05, 0) is 67.3 Å². The summed E-state index contributed by atoms with van der Waals surface area (Å²) in [6.45, 7) is 7.71. The Morgan fingerprint density at radius 3 is 2.50 bits per heavy atom. The number of amides is 2. The van der Waals surface area contributed by atoms with E-state index in [1.807, 2.05) is 6.08 Å². The largest absolute Gasteiger partial charge is 0.512 e. The molecule has 3 N–H and O–H groups in total. The Morgan fingerprint density at radius 2 is 1.82 bits per heavy atom. The van der Waals surface area contributed by atoms with Gasteiger partial charge in [-0.25, -0.2) is 0 Å². The second kappa shape index (κ2) is 6.64. The van der Waals surface area contributed by atoms with Crippen LogP contribution >= 0.6 is 0 Å². The molecular formula is C23H34N2O3. The molecule has 0 aliphatic heterocycles. The predicted octanol–water partition coefficient (Wildman–Crippen LogP) is 3.48. The highest BCUT2D eigenvalue weighted by Crippen LogP contribution is 2.65. The number of hydrogen-bond donors (Lipinski definition) is 3. The summed E-state index contributed by atoms with van der Waals surface area (Å²) in [5.41, 5.74) is -0.250. The van der Waals surface area contributed by atoms with Crippen LogP contribution in [-0.4, -0.2) is 29.0 Å². The van der Waals surface area contributed by atoms with Crippen LogP contribution < -0.4 is 10.6 Å². The van der Waals surface area contributed by atoms with Gasteiger partial charge in [0.1, 0.15) is 0 Å². The average Bonchev–Trinajstić information content (AvgIpc) is 2.92. The third kappa shape index (κ3) is 2.73. The van der Waals surface area contributed by atoms with E-state index in [1.54, 1.807) is 13.8 Å². The molecule has 0 radical (unpaired) electrons. The van der Waals surface area contributed by atoms with E-state index in [0.717, 1.165) is 32.1 Å². The summed E-state index contributed by atoms with van der Waals surface area (Å²) in [6, 6.07) is 0.159. The minimum Gasteiger partial charge on any atom is -0.512 e. The van der Waals surface area contributed by atoms with Crippen LogP contribution in [0.25, 0.3) is 0 Å². The molecule has 0 bridgehead atoms. The Balaban J connectivity index is 1.73.